The number of hydrogen-bond acceptors (Lipinski definition) is 2. The number of amides is 2. The average molecular weight is 256 g/mol. The van der Waals surface area contributed by atoms with E-state index in [1.807, 2.05) is 6.92 Å². The summed E-state index contributed by atoms with van der Waals surface area (Å²) in [5.41, 5.74) is 0. The summed E-state index contributed by atoms with van der Waals surface area (Å²) in [4.78, 5) is 26.2. The van der Waals surface area contributed by atoms with Crippen molar-refractivity contribution in [2.24, 2.45) is 5.92 Å². The highest BCUT2D eigenvalue weighted by Crippen LogP contribution is 2.21. The van der Waals surface area contributed by atoms with Crippen molar-refractivity contribution in [3.05, 3.63) is 0 Å². The molecule has 18 heavy (non-hydrogen) atoms. The SMILES string of the molecule is CCCC1CCN(C(=O)N(CCC)CC(=O)O)C1. The minimum absolute atomic E-state index is 0.113. The Morgan fingerprint density at radius 1 is 1.33 bits per heavy atom. The van der Waals surface area contributed by atoms with Crippen LogP contribution >= 0.6 is 0 Å². The van der Waals surface area contributed by atoms with Crippen molar-refractivity contribution in [1.82, 2.24) is 9.80 Å². The van der Waals surface area contributed by atoms with Crippen LogP contribution in [0.3, 0.4) is 0 Å². The number of carboxylic acids is 1. The molecular formula is C13H24N2O3. The molecule has 0 saturated carbocycles. The second-order valence-electron chi connectivity index (χ2n) is 4.99. The fourth-order valence-electron chi connectivity index (χ4n) is 2.53. The summed E-state index contributed by atoms with van der Waals surface area (Å²) in [5, 5.41) is 8.83. The Hall–Kier alpha value is -1.26. The molecule has 0 aromatic heterocycles. The van der Waals surface area contributed by atoms with Gasteiger partial charge in [0.15, 0.2) is 0 Å². The number of likely N-dealkylation sites (tertiary alicyclic amines) is 1. The first-order valence-electron chi connectivity index (χ1n) is 6.84. The molecule has 0 spiro atoms. The number of carboxylic acid groups (broad SMARTS) is 1. The fourth-order valence-corrected chi connectivity index (χ4v) is 2.53. The van der Waals surface area contributed by atoms with Crippen molar-refractivity contribution in [2.75, 3.05) is 26.2 Å². The third-order valence-electron chi connectivity index (χ3n) is 3.34. The molecule has 0 aromatic carbocycles. The minimum Gasteiger partial charge on any atom is -0.480 e. The van der Waals surface area contributed by atoms with Gasteiger partial charge in [-0.3, -0.25) is 4.79 Å². The lowest BCUT2D eigenvalue weighted by atomic mass is 10.0. The van der Waals surface area contributed by atoms with E-state index in [-0.39, 0.29) is 12.6 Å². The van der Waals surface area contributed by atoms with Gasteiger partial charge >= 0.3 is 12.0 Å². The Morgan fingerprint density at radius 2 is 2.06 bits per heavy atom. The van der Waals surface area contributed by atoms with E-state index in [2.05, 4.69) is 6.92 Å². The van der Waals surface area contributed by atoms with Gasteiger partial charge in [-0.1, -0.05) is 20.3 Å². The van der Waals surface area contributed by atoms with Crippen LogP contribution in [0, 0.1) is 5.92 Å². The number of hydrogen-bond donors (Lipinski definition) is 1. The lowest BCUT2D eigenvalue weighted by Gasteiger charge is -2.26. The summed E-state index contributed by atoms with van der Waals surface area (Å²) < 4.78 is 0. The molecular weight excluding hydrogens is 232 g/mol. The maximum Gasteiger partial charge on any atom is 0.323 e. The normalized spacial score (nSPS) is 19.0. The summed E-state index contributed by atoms with van der Waals surface area (Å²) in [5.74, 6) is -0.353. The van der Waals surface area contributed by atoms with E-state index in [9.17, 15) is 9.59 Å². The van der Waals surface area contributed by atoms with Crippen LogP contribution in [0.15, 0.2) is 0 Å². The van der Waals surface area contributed by atoms with E-state index in [0.29, 0.717) is 12.5 Å². The molecule has 1 saturated heterocycles. The predicted octanol–water partition coefficient (Wildman–Crippen LogP) is 2.03. The van der Waals surface area contributed by atoms with Crippen LogP contribution in [0.1, 0.15) is 39.5 Å². The number of carbonyl (C=O) groups excluding carboxylic acids is 1. The summed E-state index contributed by atoms with van der Waals surface area (Å²) in [7, 11) is 0. The van der Waals surface area contributed by atoms with E-state index in [1.54, 1.807) is 4.90 Å². The Morgan fingerprint density at radius 3 is 2.61 bits per heavy atom. The maximum atomic E-state index is 12.2. The summed E-state index contributed by atoms with van der Waals surface area (Å²) in [6.07, 6.45) is 4.12. The van der Waals surface area contributed by atoms with Gasteiger partial charge in [0.05, 0.1) is 0 Å². The molecule has 104 valence electrons. The molecule has 5 nitrogen and oxygen atoms in total. The molecule has 1 atom stereocenters. The topological polar surface area (TPSA) is 60.9 Å². The zero-order valence-corrected chi connectivity index (χ0v) is 11.4. The zero-order valence-electron chi connectivity index (χ0n) is 11.4. The number of nitrogens with zero attached hydrogens (tertiary/aromatic N) is 2. The largest absolute Gasteiger partial charge is 0.480 e. The molecule has 2 amide bonds. The Kier molecular flexibility index (Phi) is 5.95. The van der Waals surface area contributed by atoms with E-state index < -0.39 is 5.97 Å². The first-order chi connectivity index (χ1) is 8.58. The summed E-state index contributed by atoms with van der Waals surface area (Å²) in [6.45, 7) is 5.97. The van der Waals surface area contributed by atoms with Gasteiger partial charge in [-0.15, -0.1) is 0 Å². The van der Waals surface area contributed by atoms with Gasteiger partial charge < -0.3 is 14.9 Å². The molecule has 1 aliphatic rings. The van der Waals surface area contributed by atoms with Crippen molar-refractivity contribution >= 4 is 12.0 Å². The van der Waals surface area contributed by atoms with Gasteiger partial charge in [-0.05, 0) is 25.2 Å². The van der Waals surface area contributed by atoms with Crippen LogP contribution in [0.5, 0.6) is 0 Å². The van der Waals surface area contributed by atoms with Gasteiger partial charge in [0.2, 0.25) is 0 Å². The van der Waals surface area contributed by atoms with Gasteiger partial charge in [-0.25, -0.2) is 4.79 Å². The molecule has 1 aliphatic heterocycles. The second-order valence-corrected chi connectivity index (χ2v) is 4.99. The van der Waals surface area contributed by atoms with E-state index in [4.69, 9.17) is 5.11 Å². The molecule has 0 bridgehead atoms. The van der Waals surface area contributed by atoms with Gasteiger partial charge in [0.1, 0.15) is 6.54 Å². The van der Waals surface area contributed by atoms with Crippen molar-refractivity contribution in [1.29, 1.82) is 0 Å². The molecule has 1 heterocycles. The number of aliphatic carboxylic acids is 1. The first-order valence-corrected chi connectivity index (χ1v) is 6.84. The summed E-state index contributed by atoms with van der Waals surface area (Å²) >= 11 is 0. The predicted molar refractivity (Wildman–Crippen MR) is 69.5 cm³/mol. The highest BCUT2D eigenvalue weighted by atomic mass is 16.4. The molecule has 1 N–H and O–H groups in total. The van der Waals surface area contributed by atoms with Gasteiger partial charge in [-0.2, -0.15) is 0 Å². The Balaban J connectivity index is 2.52. The minimum atomic E-state index is -0.943. The highest BCUT2D eigenvalue weighted by Gasteiger charge is 2.29. The fraction of sp³-hybridized carbons (Fsp3) is 0.846. The van der Waals surface area contributed by atoms with Crippen LogP contribution in [-0.4, -0.2) is 53.1 Å². The van der Waals surface area contributed by atoms with Crippen LogP contribution in [0.25, 0.3) is 0 Å². The molecule has 0 aliphatic carbocycles. The summed E-state index contributed by atoms with van der Waals surface area (Å²) in [6, 6.07) is -0.113. The maximum absolute atomic E-state index is 12.2. The highest BCUT2D eigenvalue weighted by molar-refractivity contribution is 5.80. The molecule has 1 fully saturated rings. The van der Waals surface area contributed by atoms with E-state index in [0.717, 1.165) is 38.8 Å². The quantitative estimate of drug-likeness (QED) is 0.791. The van der Waals surface area contributed by atoms with Crippen molar-refractivity contribution < 1.29 is 14.7 Å². The van der Waals surface area contributed by atoms with E-state index in [1.165, 1.54) is 4.90 Å². The lowest BCUT2D eigenvalue weighted by molar-refractivity contribution is -0.137. The molecule has 5 heteroatoms. The third-order valence-corrected chi connectivity index (χ3v) is 3.34. The smallest absolute Gasteiger partial charge is 0.323 e. The number of rotatable bonds is 6. The van der Waals surface area contributed by atoms with Crippen LogP contribution in [-0.2, 0) is 4.79 Å². The lowest BCUT2D eigenvalue weighted by Crippen LogP contribution is -2.44. The Labute approximate surface area is 109 Å². The average Bonchev–Trinajstić information content (AvgIpc) is 2.76. The molecule has 0 radical (unpaired) electrons. The monoisotopic (exact) mass is 256 g/mol. The molecule has 1 unspecified atom stereocenters. The molecule has 1 rings (SSSR count). The number of carbonyl (C=O) groups is 2. The van der Waals surface area contributed by atoms with Crippen molar-refractivity contribution in [2.45, 2.75) is 39.5 Å². The first kappa shape index (κ1) is 14.8. The number of urea groups is 1. The Bertz CT molecular complexity index is 294. The van der Waals surface area contributed by atoms with Crippen LogP contribution < -0.4 is 0 Å². The zero-order chi connectivity index (χ0) is 13.5. The third kappa shape index (κ3) is 4.20. The van der Waals surface area contributed by atoms with Gasteiger partial charge in [0.25, 0.3) is 0 Å². The van der Waals surface area contributed by atoms with Gasteiger partial charge in [0, 0.05) is 19.6 Å². The van der Waals surface area contributed by atoms with E-state index >= 15 is 0 Å². The van der Waals surface area contributed by atoms with Crippen molar-refractivity contribution in [3.63, 3.8) is 0 Å². The van der Waals surface area contributed by atoms with Crippen LogP contribution in [0.2, 0.25) is 0 Å². The second kappa shape index (κ2) is 7.24. The van der Waals surface area contributed by atoms with Crippen molar-refractivity contribution in [3.8, 4) is 0 Å². The van der Waals surface area contributed by atoms with Crippen LogP contribution in [0.4, 0.5) is 4.79 Å². The molecule has 0 aromatic rings. The standard InChI is InChI=1S/C13H24N2O3/c1-3-5-11-6-8-15(9-11)13(18)14(7-4-2)10-12(16)17/h11H,3-10H2,1-2H3,(H,16,17).